The van der Waals surface area contributed by atoms with Crippen LogP contribution in [0.4, 0.5) is 9.93 Å². The highest BCUT2D eigenvalue weighted by atomic mass is 32.1. The van der Waals surface area contributed by atoms with Crippen LogP contribution in [0.2, 0.25) is 0 Å². The molecule has 1 aromatic heterocycles. The largest absolute Gasteiger partial charge is 0.345 e. The molecule has 1 N–H and O–H groups in total. The number of anilines is 1. The molecule has 1 aliphatic heterocycles. The lowest BCUT2D eigenvalue weighted by Crippen LogP contribution is -2.53. The maximum absolute atomic E-state index is 12.4. The van der Waals surface area contributed by atoms with Crippen molar-refractivity contribution in [1.29, 1.82) is 0 Å². The number of thiazole rings is 1. The van der Waals surface area contributed by atoms with Crippen molar-refractivity contribution in [3.63, 3.8) is 0 Å². The molecule has 3 rings (SSSR count). The number of carbonyl (C=O) groups excluding carboxylic acids is 1. The number of nitrogens with zero attached hydrogens (tertiary/aromatic N) is 3. The third-order valence-electron chi connectivity index (χ3n) is 4.79. The molecule has 2 aliphatic rings. The van der Waals surface area contributed by atoms with Crippen LogP contribution >= 0.6 is 11.3 Å². The highest BCUT2D eigenvalue weighted by Gasteiger charge is 2.25. The predicted molar refractivity (Wildman–Crippen MR) is 90.8 cm³/mol. The summed E-state index contributed by atoms with van der Waals surface area (Å²) < 4.78 is 0. The maximum atomic E-state index is 12.4. The first-order valence-corrected chi connectivity index (χ1v) is 9.19. The number of aryl methyl sites for hydroxylation is 2. The number of hydrogen-bond donors (Lipinski definition) is 1. The second-order valence-corrected chi connectivity index (χ2v) is 7.58. The van der Waals surface area contributed by atoms with E-state index in [-0.39, 0.29) is 6.03 Å². The van der Waals surface area contributed by atoms with E-state index in [0.29, 0.717) is 6.04 Å². The van der Waals surface area contributed by atoms with E-state index in [9.17, 15) is 4.79 Å². The minimum atomic E-state index is 0.123. The fraction of sp³-hybridized carbons (Fsp3) is 0.750. The molecule has 1 aromatic rings. The Morgan fingerprint density at radius 2 is 1.82 bits per heavy atom. The molecular formula is C16H26N4OS. The number of carbonyl (C=O) groups is 1. The lowest BCUT2D eigenvalue weighted by atomic mass is 9.96. The van der Waals surface area contributed by atoms with Crippen molar-refractivity contribution in [1.82, 2.24) is 15.2 Å². The normalized spacial score (nSPS) is 20.3. The van der Waals surface area contributed by atoms with Gasteiger partial charge in [-0.1, -0.05) is 19.3 Å². The van der Waals surface area contributed by atoms with Gasteiger partial charge in [0.2, 0.25) is 0 Å². The van der Waals surface area contributed by atoms with Crippen molar-refractivity contribution in [2.24, 2.45) is 0 Å². The topological polar surface area (TPSA) is 48.5 Å². The molecule has 22 heavy (non-hydrogen) atoms. The molecular weight excluding hydrogens is 296 g/mol. The Bertz CT molecular complexity index is 497. The zero-order valence-corrected chi connectivity index (χ0v) is 14.4. The predicted octanol–water partition coefficient (Wildman–Crippen LogP) is 2.92. The summed E-state index contributed by atoms with van der Waals surface area (Å²) in [4.78, 5) is 22.5. The zero-order chi connectivity index (χ0) is 15.5. The third-order valence-corrected chi connectivity index (χ3v) is 5.92. The molecule has 0 radical (unpaired) electrons. The molecule has 2 fully saturated rings. The van der Waals surface area contributed by atoms with Gasteiger partial charge in [-0.15, -0.1) is 11.3 Å². The van der Waals surface area contributed by atoms with Gasteiger partial charge in [-0.25, -0.2) is 9.78 Å². The SMILES string of the molecule is Cc1nc(N2CCN(C(=O)NC3CCCCC3)CC2)sc1C. The summed E-state index contributed by atoms with van der Waals surface area (Å²) in [5.74, 6) is 0. The number of amides is 2. The van der Waals surface area contributed by atoms with Crippen LogP contribution in [0.25, 0.3) is 0 Å². The van der Waals surface area contributed by atoms with Gasteiger partial charge in [0, 0.05) is 37.1 Å². The molecule has 2 heterocycles. The second kappa shape index (κ2) is 6.86. The van der Waals surface area contributed by atoms with E-state index >= 15 is 0 Å². The van der Waals surface area contributed by atoms with Gasteiger partial charge in [-0.3, -0.25) is 0 Å². The molecule has 1 aliphatic carbocycles. The Morgan fingerprint density at radius 1 is 1.14 bits per heavy atom. The number of rotatable bonds is 2. The highest BCUT2D eigenvalue weighted by Crippen LogP contribution is 2.26. The average Bonchev–Trinajstić information content (AvgIpc) is 2.88. The van der Waals surface area contributed by atoms with E-state index in [2.05, 4.69) is 29.0 Å². The van der Waals surface area contributed by atoms with Crippen molar-refractivity contribution < 1.29 is 4.79 Å². The van der Waals surface area contributed by atoms with Gasteiger partial charge in [-0.05, 0) is 26.7 Å². The van der Waals surface area contributed by atoms with E-state index in [4.69, 9.17) is 0 Å². The molecule has 1 saturated heterocycles. The van der Waals surface area contributed by atoms with Gasteiger partial charge in [0.05, 0.1) is 5.69 Å². The number of hydrogen-bond acceptors (Lipinski definition) is 4. The van der Waals surface area contributed by atoms with Crippen LogP contribution in [-0.4, -0.2) is 48.1 Å². The monoisotopic (exact) mass is 322 g/mol. The minimum absolute atomic E-state index is 0.123. The van der Waals surface area contributed by atoms with Crippen LogP contribution in [0, 0.1) is 13.8 Å². The molecule has 0 spiro atoms. The van der Waals surface area contributed by atoms with E-state index in [1.54, 1.807) is 11.3 Å². The summed E-state index contributed by atoms with van der Waals surface area (Å²) in [6.07, 6.45) is 6.10. The van der Waals surface area contributed by atoms with Crippen LogP contribution in [0.15, 0.2) is 0 Å². The Kier molecular flexibility index (Phi) is 4.86. The van der Waals surface area contributed by atoms with E-state index in [0.717, 1.165) is 49.8 Å². The highest BCUT2D eigenvalue weighted by molar-refractivity contribution is 7.15. The quantitative estimate of drug-likeness (QED) is 0.911. The first kappa shape index (κ1) is 15.6. The average molecular weight is 322 g/mol. The van der Waals surface area contributed by atoms with Gasteiger partial charge < -0.3 is 15.1 Å². The summed E-state index contributed by atoms with van der Waals surface area (Å²) in [5.41, 5.74) is 1.12. The smallest absolute Gasteiger partial charge is 0.317 e. The number of aromatic nitrogens is 1. The summed E-state index contributed by atoms with van der Waals surface area (Å²) in [6, 6.07) is 0.515. The fourth-order valence-electron chi connectivity index (χ4n) is 3.20. The Balaban J connectivity index is 1.49. The molecule has 0 bridgehead atoms. The van der Waals surface area contributed by atoms with Gasteiger partial charge in [0.15, 0.2) is 5.13 Å². The summed E-state index contributed by atoms with van der Waals surface area (Å²) in [6.45, 7) is 7.51. The Hall–Kier alpha value is -1.30. The molecule has 1 saturated carbocycles. The van der Waals surface area contributed by atoms with Gasteiger partial charge in [-0.2, -0.15) is 0 Å². The standard InChI is InChI=1S/C16H26N4OS/c1-12-13(2)22-16(17-12)20-10-8-19(9-11-20)15(21)18-14-6-4-3-5-7-14/h14H,3-11H2,1-2H3,(H,18,21). The van der Waals surface area contributed by atoms with Gasteiger partial charge >= 0.3 is 6.03 Å². The lowest BCUT2D eigenvalue weighted by molar-refractivity contribution is 0.186. The summed E-state index contributed by atoms with van der Waals surface area (Å²) in [5, 5.41) is 4.31. The van der Waals surface area contributed by atoms with E-state index in [1.807, 2.05) is 4.90 Å². The molecule has 5 nitrogen and oxygen atoms in total. The Labute approximate surface area is 136 Å². The molecule has 2 amide bonds. The zero-order valence-electron chi connectivity index (χ0n) is 13.6. The minimum Gasteiger partial charge on any atom is -0.345 e. The van der Waals surface area contributed by atoms with Crippen molar-refractivity contribution >= 4 is 22.5 Å². The van der Waals surface area contributed by atoms with Crippen LogP contribution in [0.5, 0.6) is 0 Å². The van der Waals surface area contributed by atoms with Crippen molar-refractivity contribution in [3.8, 4) is 0 Å². The summed E-state index contributed by atoms with van der Waals surface area (Å²) in [7, 11) is 0. The van der Waals surface area contributed by atoms with Crippen LogP contribution < -0.4 is 10.2 Å². The molecule has 0 atom stereocenters. The molecule has 0 aromatic carbocycles. The van der Waals surface area contributed by atoms with E-state index < -0.39 is 0 Å². The van der Waals surface area contributed by atoms with Gasteiger partial charge in [0.1, 0.15) is 0 Å². The van der Waals surface area contributed by atoms with Gasteiger partial charge in [0.25, 0.3) is 0 Å². The van der Waals surface area contributed by atoms with Crippen LogP contribution in [0.1, 0.15) is 42.7 Å². The third kappa shape index (κ3) is 3.54. The van der Waals surface area contributed by atoms with Crippen molar-refractivity contribution in [3.05, 3.63) is 10.6 Å². The summed E-state index contributed by atoms with van der Waals surface area (Å²) >= 11 is 1.75. The number of piperazine rings is 1. The van der Waals surface area contributed by atoms with Crippen LogP contribution in [-0.2, 0) is 0 Å². The lowest BCUT2D eigenvalue weighted by Gasteiger charge is -2.35. The maximum Gasteiger partial charge on any atom is 0.317 e. The number of urea groups is 1. The van der Waals surface area contributed by atoms with E-state index in [1.165, 1.54) is 24.1 Å². The first-order valence-electron chi connectivity index (χ1n) is 8.38. The first-order chi connectivity index (χ1) is 10.6. The van der Waals surface area contributed by atoms with Crippen molar-refractivity contribution in [2.45, 2.75) is 52.0 Å². The number of nitrogens with one attached hydrogen (secondary N) is 1. The molecule has 6 heteroatoms. The molecule has 0 unspecified atom stereocenters. The fourth-order valence-corrected chi connectivity index (χ4v) is 4.17. The van der Waals surface area contributed by atoms with Crippen LogP contribution in [0.3, 0.4) is 0 Å². The molecule has 122 valence electrons. The Morgan fingerprint density at radius 3 is 2.41 bits per heavy atom. The second-order valence-electron chi connectivity index (χ2n) is 6.40. The van der Waals surface area contributed by atoms with Crippen molar-refractivity contribution in [2.75, 3.05) is 31.1 Å².